The Morgan fingerprint density at radius 2 is 1.82 bits per heavy atom. The Bertz CT molecular complexity index is 1270. The number of fused-ring (bicyclic) bond motifs is 2. The molecule has 5 rings (SSSR count). The van der Waals surface area contributed by atoms with E-state index in [0.29, 0.717) is 13.2 Å². The number of thioether (sulfide) groups is 1. The number of aromatic nitrogens is 1. The van der Waals surface area contributed by atoms with Crippen molar-refractivity contribution in [2.45, 2.75) is 25.3 Å². The number of rotatable bonds is 5. The first-order valence-electron chi connectivity index (χ1n) is 11.1. The first-order chi connectivity index (χ1) is 15.8. The number of halogens is 1. The minimum Gasteiger partial charge on any atom is -1.00 e. The van der Waals surface area contributed by atoms with E-state index in [4.69, 9.17) is 4.74 Å². The molecule has 170 valence electrons. The van der Waals surface area contributed by atoms with Crippen LogP contribution in [-0.2, 0) is 11.3 Å². The molecule has 3 heterocycles. The minimum absolute atomic E-state index is 0. The quantitative estimate of drug-likeness (QED) is 0.336. The Balaban J connectivity index is 0.00000259. The summed E-state index contributed by atoms with van der Waals surface area (Å²) in [5.41, 5.74) is 5.01. The zero-order valence-corrected chi connectivity index (χ0v) is 22.6. The highest BCUT2D eigenvalue weighted by atomic mass is 127. The van der Waals surface area contributed by atoms with Crippen molar-refractivity contribution in [3.63, 3.8) is 0 Å². The van der Waals surface area contributed by atoms with Crippen LogP contribution in [0.3, 0.4) is 0 Å². The zero-order chi connectivity index (χ0) is 21.9. The number of para-hydroxylation sites is 2. The lowest BCUT2D eigenvalue weighted by molar-refractivity contribution is -0.665. The van der Waals surface area contributed by atoms with E-state index in [2.05, 4.69) is 102 Å². The number of thiazole rings is 1. The summed E-state index contributed by atoms with van der Waals surface area (Å²) >= 11 is 3.67. The Morgan fingerprint density at radius 3 is 2.67 bits per heavy atom. The molecule has 0 radical (unpaired) electrons. The van der Waals surface area contributed by atoms with Crippen LogP contribution in [-0.4, -0.2) is 19.8 Å². The topological polar surface area (TPSA) is 16.4 Å². The van der Waals surface area contributed by atoms with Gasteiger partial charge in [-0.1, -0.05) is 59.5 Å². The van der Waals surface area contributed by atoms with Gasteiger partial charge in [-0.15, -0.1) is 0 Å². The van der Waals surface area contributed by atoms with Gasteiger partial charge in [0, 0.05) is 23.6 Å². The number of ether oxygens (including phenoxy) is 1. The van der Waals surface area contributed by atoms with Gasteiger partial charge in [0.2, 0.25) is 5.52 Å². The van der Waals surface area contributed by atoms with Crippen LogP contribution in [0.2, 0.25) is 0 Å². The number of benzene rings is 2. The van der Waals surface area contributed by atoms with Gasteiger partial charge in [-0.05, 0) is 55.3 Å². The number of anilines is 1. The summed E-state index contributed by atoms with van der Waals surface area (Å²) in [5, 5.41) is 2.54. The number of nitrogens with zero attached hydrogens (tertiary/aromatic N) is 2. The fraction of sp³-hybridized carbons (Fsp3) is 0.222. The smallest absolute Gasteiger partial charge is 0.262 e. The monoisotopic (exact) mass is 586 g/mol. The maximum absolute atomic E-state index is 5.89. The molecule has 33 heavy (non-hydrogen) atoms. The summed E-state index contributed by atoms with van der Waals surface area (Å²) in [4.78, 5) is 3.70. The van der Waals surface area contributed by atoms with E-state index in [0.717, 1.165) is 13.1 Å². The van der Waals surface area contributed by atoms with Gasteiger partial charge in [-0.2, -0.15) is 4.57 Å². The van der Waals surface area contributed by atoms with Crippen molar-refractivity contribution in [1.82, 2.24) is 0 Å². The number of allylic oxidation sites excluding steroid dienone is 2. The normalized spacial score (nSPS) is 18.2. The fourth-order valence-corrected chi connectivity index (χ4v) is 6.42. The molecule has 0 amide bonds. The third kappa shape index (κ3) is 5.14. The average Bonchev–Trinajstić information content (AvgIpc) is 3.38. The lowest BCUT2D eigenvalue weighted by Gasteiger charge is -2.18. The predicted octanol–water partition coefficient (Wildman–Crippen LogP) is 3.58. The van der Waals surface area contributed by atoms with Gasteiger partial charge in [0.1, 0.15) is 11.2 Å². The SMILES string of the molecule is CCN1/C(=C/C=C2C=C(/C=C/c3sc4ccccc4[n+]3CC)COC/2)Sc2ccccc21.[I-]. The van der Waals surface area contributed by atoms with Crippen LogP contribution < -0.4 is 33.4 Å². The third-order valence-electron chi connectivity index (χ3n) is 5.69. The first-order valence-corrected chi connectivity index (χ1v) is 12.7. The van der Waals surface area contributed by atoms with E-state index in [1.54, 1.807) is 0 Å². The Labute approximate surface area is 221 Å². The van der Waals surface area contributed by atoms with Gasteiger partial charge in [0.05, 0.1) is 23.9 Å². The Hall–Kier alpha value is -1.87. The average molecular weight is 587 g/mol. The van der Waals surface area contributed by atoms with E-state index in [1.807, 2.05) is 23.1 Å². The molecular formula is C27H27IN2OS2. The van der Waals surface area contributed by atoms with Crippen LogP contribution in [0, 0.1) is 0 Å². The Morgan fingerprint density at radius 1 is 1.00 bits per heavy atom. The summed E-state index contributed by atoms with van der Waals surface area (Å²) in [6.07, 6.45) is 11.1. The van der Waals surface area contributed by atoms with E-state index in [-0.39, 0.29) is 24.0 Å². The lowest BCUT2D eigenvalue weighted by atomic mass is 10.1. The molecule has 0 N–H and O–H groups in total. The van der Waals surface area contributed by atoms with E-state index in [9.17, 15) is 0 Å². The highest BCUT2D eigenvalue weighted by Gasteiger charge is 2.22. The minimum atomic E-state index is 0. The molecule has 0 atom stereocenters. The second kappa shape index (κ2) is 11.0. The summed E-state index contributed by atoms with van der Waals surface area (Å²) in [5.74, 6) is 0. The molecule has 0 saturated carbocycles. The second-order valence-corrected chi connectivity index (χ2v) is 9.88. The van der Waals surface area contributed by atoms with Crippen molar-refractivity contribution in [3.05, 3.63) is 94.0 Å². The second-order valence-electron chi connectivity index (χ2n) is 7.76. The molecule has 0 saturated heterocycles. The van der Waals surface area contributed by atoms with Crippen LogP contribution in [0.25, 0.3) is 16.3 Å². The molecule has 0 spiro atoms. The summed E-state index contributed by atoms with van der Waals surface area (Å²) in [6.45, 7) is 7.64. The van der Waals surface area contributed by atoms with Crippen LogP contribution in [0.4, 0.5) is 5.69 Å². The van der Waals surface area contributed by atoms with Crippen LogP contribution in [0.15, 0.2) is 93.9 Å². The molecular weight excluding hydrogens is 559 g/mol. The summed E-state index contributed by atoms with van der Waals surface area (Å²) < 4.78 is 9.58. The van der Waals surface area contributed by atoms with Crippen molar-refractivity contribution in [2.75, 3.05) is 24.7 Å². The number of hydrogen-bond donors (Lipinski definition) is 0. The van der Waals surface area contributed by atoms with Gasteiger partial charge < -0.3 is 33.6 Å². The van der Waals surface area contributed by atoms with Crippen LogP contribution >= 0.6 is 23.1 Å². The third-order valence-corrected chi connectivity index (χ3v) is 7.96. The van der Waals surface area contributed by atoms with Crippen molar-refractivity contribution in [3.8, 4) is 0 Å². The molecule has 0 bridgehead atoms. The molecule has 6 heteroatoms. The largest absolute Gasteiger partial charge is 1.00 e. The Kier molecular flexibility index (Phi) is 8.11. The van der Waals surface area contributed by atoms with Crippen molar-refractivity contribution < 1.29 is 33.3 Å². The van der Waals surface area contributed by atoms with Gasteiger partial charge in [-0.25, -0.2) is 0 Å². The van der Waals surface area contributed by atoms with Gasteiger partial charge in [-0.3, -0.25) is 0 Å². The molecule has 0 unspecified atom stereocenters. The number of hydrogen-bond acceptors (Lipinski definition) is 4. The molecule has 1 aromatic heterocycles. The predicted molar refractivity (Wildman–Crippen MR) is 137 cm³/mol. The molecule has 2 aliphatic heterocycles. The van der Waals surface area contributed by atoms with Crippen LogP contribution in [0.5, 0.6) is 0 Å². The maximum atomic E-state index is 5.89. The fourth-order valence-electron chi connectivity index (χ4n) is 4.16. The molecule has 2 aromatic carbocycles. The highest BCUT2D eigenvalue weighted by Crippen LogP contribution is 2.45. The van der Waals surface area contributed by atoms with E-state index < -0.39 is 0 Å². The summed E-state index contributed by atoms with van der Waals surface area (Å²) in [7, 11) is 0. The maximum Gasteiger partial charge on any atom is 0.262 e. The molecule has 3 nitrogen and oxygen atoms in total. The highest BCUT2D eigenvalue weighted by molar-refractivity contribution is 8.03. The van der Waals surface area contributed by atoms with Crippen molar-refractivity contribution >= 4 is 45.1 Å². The summed E-state index contributed by atoms with van der Waals surface area (Å²) in [6, 6.07) is 17.2. The first kappa shape index (κ1) is 24.3. The lowest BCUT2D eigenvalue weighted by Crippen LogP contribution is -3.00. The standard InChI is InChI=1S/C27H27N2OS2.HI/c1-3-28-22-9-5-7-11-24(22)31-26(28)15-13-20-17-21(19-30-18-20)14-16-27-29(4-2)23-10-6-8-12-25(23)32-27;/h5-17H,3-4,18-19H2,1-2H3;1H/q+1;/p-1. The van der Waals surface area contributed by atoms with Gasteiger partial charge >= 0.3 is 0 Å². The molecule has 0 fully saturated rings. The van der Waals surface area contributed by atoms with Gasteiger partial charge in [0.25, 0.3) is 5.01 Å². The van der Waals surface area contributed by atoms with E-state index in [1.165, 1.54) is 42.0 Å². The van der Waals surface area contributed by atoms with E-state index >= 15 is 0 Å². The van der Waals surface area contributed by atoms with Crippen LogP contribution in [0.1, 0.15) is 18.9 Å². The molecule has 2 aliphatic rings. The van der Waals surface area contributed by atoms with Gasteiger partial charge in [0.15, 0.2) is 0 Å². The molecule has 0 aliphatic carbocycles. The zero-order valence-electron chi connectivity index (χ0n) is 18.8. The molecule has 3 aromatic rings. The number of aryl methyl sites for hydroxylation is 1. The van der Waals surface area contributed by atoms with Crippen molar-refractivity contribution in [1.29, 1.82) is 0 Å². The van der Waals surface area contributed by atoms with Crippen molar-refractivity contribution in [2.24, 2.45) is 0 Å².